The van der Waals surface area contributed by atoms with Crippen LogP contribution in [0.3, 0.4) is 0 Å². The lowest BCUT2D eigenvalue weighted by Gasteiger charge is -2.34. The number of allylic oxidation sites excluding steroid dienone is 1. The first kappa shape index (κ1) is 43.2. The summed E-state index contributed by atoms with van der Waals surface area (Å²) >= 11 is 0. The van der Waals surface area contributed by atoms with E-state index >= 15 is 4.39 Å². The zero-order valence-electron chi connectivity index (χ0n) is 30.7. The third kappa shape index (κ3) is 13.2. The number of esters is 1. The van der Waals surface area contributed by atoms with Crippen molar-refractivity contribution in [3.63, 3.8) is 0 Å². The molecule has 1 aliphatic carbocycles. The molecule has 0 aromatic heterocycles. The Labute approximate surface area is 302 Å². The van der Waals surface area contributed by atoms with E-state index in [9.17, 15) is 13.6 Å². The van der Waals surface area contributed by atoms with Crippen LogP contribution in [0.4, 0.5) is 13.2 Å². The van der Waals surface area contributed by atoms with Crippen molar-refractivity contribution in [1.29, 1.82) is 0 Å². The summed E-state index contributed by atoms with van der Waals surface area (Å²) in [6, 6.07) is 15.0. The number of rotatable bonds is 16. The summed E-state index contributed by atoms with van der Waals surface area (Å²) in [4.78, 5) is 20.9. The first-order valence-electron chi connectivity index (χ1n) is 18.1. The Kier molecular flexibility index (Phi) is 19.9. The Morgan fingerprint density at radius 3 is 2.08 bits per heavy atom. The Morgan fingerprint density at radius 2 is 1.55 bits per heavy atom. The first-order chi connectivity index (χ1) is 24.7. The second kappa shape index (κ2) is 23.5. The molecule has 3 aromatic rings. The quantitative estimate of drug-likeness (QED) is 0.0694. The van der Waals surface area contributed by atoms with Gasteiger partial charge in [0.15, 0.2) is 0 Å². The zero-order chi connectivity index (χ0) is 37.8. The lowest BCUT2D eigenvalue weighted by Crippen LogP contribution is -2.26. The highest BCUT2D eigenvalue weighted by Gasteiger charge is 2.29. The van der Waals surface area contributed by atoms with Gasteiger partial charge in [-0.1, -0.05) is 83.2 Å². The number of carbonyl (C=O) groups is 2. The van der Waals surface area contributed by atoms with E-state index in [2.05, 4.69) is 20.1 Å². The third-order valence-corrected chi connectivity index (χ3v) is 9.24. The summed E-state index contributed by atoms with van der Waals surface area (Å²) in [5.74, 6) is -1.32. The van der Waals surface area contributed by atoms with Crippen molar-refractivity contribution in [2.45, 2.75) is 84.5 Å². The van der Waals surface area contributed by atoms with E-state index in [-0.39, 0.29) is 29.2 Å². The summed E-state index contributed by atoms with van der Waals surface area (Å²) < 4.78 is 55.8. The molecule has 51 heavy (non-hydrogen) atoms. The van der Waals surface area contributed by atoms with Crippen molar-refractivity contribution >= 4 is 12.3 Å². The van der Waals surface area contributed by atoms with Gasteiger partial charge in [-0.25, -0.2) is 18.0 Å². The summed E-state index contributed by atoms with van der Waals surface area (Å²) in [5.41, 5.74) is 2.95. The molecule has 4 rings (SSSR count). The molecule has 8 heteroatoms. The van der Waals surface area contributed by atoms with Gasteiger partial charge in [-0.2, -0.15) is 0 Å². The van der Waals surface area contributed by atoms with Crippen molar-refractivity contribution < 1.29 is 37.3 Å². The molecule has 0 amide bonds. The molecular weight excluding hydrogens is 653 g/mol. The number of aliphatic hydroxyl groups excluding tert-OH is 1. The molecule has 1 atom stereocenters. The SMILES string of the molecule is C=C(CO)C(=O)OCCC(COC)C1CCC(c2ccc(-c3ccc(-c4c(F)cc(CCCCC)cc4F)cc3F)cc2)CC1.C=CC=O.CC. The van der Waals surface area contributed by atoms with Gasteiger partial charge in [0.1, 0.15) is 23.7 Å². The second-order valence-electron chi connectivity index (χ2n) is 12.6. The predicted molar refractivity (Wildman–Crippen MR) is 200 cm³/mol. The van der Waals surface area contributed by atoms with Crippen LogP contribution < -0.4 is 0 Å². The number of hydrogen-bond acceptors (Lipinski definition) is 5. The molecule has 1 unspecified atom stereocenters. The maximum atomic E-state index is 15.3. The minimum Gasteiger partial charge on any atom is -0.462 e. The number of aryl methyl sites for hydroxylation is 1. The fourth-order valence-electron chi connectivity index (χ4n) is 6.53. The van der Waals surface area contributed by atoms with Crippen LogP contribution in [0, 0.1) is 29.3 Å². The molecule has 5 nitrogen and oxygen atoms in total. The van der Waals surface area contributed by atoms with E-state index in [1.54, 1.807) is 19.2 Å². The minimum atomic E-state index is -0.672. The van der Waals surface area contributed by atoms with Crippen molar-refractivity contribution in [1.82, 2.24) is 0 Å². The highest BCUT2D eigenvalue weighted by atomic mass is 19.1. The lowest BCUT2D eigenvalue weighted by molar-refractivity contribution is -0.140. The highest BCUT2D eigenvalue weighted by Crippen LogP contribution is 2.40. The molecule has 1 saturated carbocycles. The van der Waals surface area contributed by atoms with Crippen molar-refractivity contribution in [3.8, 4) is 22.3 Å². The molecule has 1 N–H and O–H groups in total. The maximum absolute atomic E-state index is 15.3. The Balaban J connectivity index is 0.00000140. The maximum Gasteiger partial charge on any atom is 0.335 e. The van der Waals surface area contributed by atoms with Gasteiger partial charge in [0.2, 0.25) is 0 Å². The summed E-state index contributed by atoms with van der Waals surface area (Å²) in [5, 5.41) is 9.04. The van der Waals surface area contributed by atoms with Crippen LogP contribution in [0.1, 0.15) is 89.2 Å². The molecule has 0 radical (unpaired) electrons. The number of halogens is 3. The predicted octanol–water partition coefficient (Wildman–Crippen LogP) is 10.6. The molecule has 0 saturated heterocycles. The molecule has 0 spiro atoms. The van der Waals surface area contributed by atoms with E-state index in [1.165, 1.54) is 29.8 Å². The Morgan fingerprint density at radius 1 is 0.941 bits per heavy atom. The molecular formula is C43H55F3O5. The molecule has 0 aliphatic heterocycles. The summed E-state index contributed by atoms with van der Waals surface area (Å²) in [7, 11) is 1.68. The van der Waals surface area contributed by atoms with Gasteiger partial charge >= 0.3 is 5.97 Å². The average Bonchev–Trinajstić information content (AvgIpc) is 3.15. The topological polar surface area (TPSA) is 72.8 Å². The number of carbonyl (C=O) groups excluding carboxylic acids is 2. The summed E-state index contributed by atoms with van der Waals surface area (Å²) in [6.45, 7) is 13.1. The number of aliphatic hydroxyl groups is 1. The Hall–Kier alpha value is -4.01. The van der Waals surface area contributed by atoms with E-state index in [0.717, 1.165) is 44.9 Å². The van der Waals surface area contributed by atoms with E-state index in [0.29, 0.717) is 54.3 Å². The van der Waals surface area contributed by atoms with Crippen LogP contribution in [0.2, 0.25) is 0 Å². The number of hydrogen-bond donors (Lipinski definition) is 1. The fraction of sp³-hybridized carbons (Fsp3) is 0.442. The van der Waals surface area contributed by atoms with Gasteiger partial charge in [0, 0.05) is 19.3 Å². The van der Waals surface area contributed by atoms with Gasteiger partial charge in [0.05, 0.1) is 24.4 Å². The second-order valence-corrected chi connectivity index (χ2v) is 12.6. The number of ether oxygens (including phenoxy) is 2. The molecule has 0 bridgehead atoms. The van der Waals surface area contributed by atoms with Crippen molar-refractivity contribution in [2.24, 2.45) is 11.8 Å². The lowest BCUT2D eigenvalue weighted by atomic mass is 9.73. The van der Waals surface area contributed by atoms with E-state index < -0.39 is 30.0 Å². The van der Waals surface area contributed by atoms with Gasteiger partial charge in [-0.3, -0.25) is 4.79 Å². The van der Waals surface area contributed by atoms with Crippen LogP contribution in [-0.4, -0.2) is 44.3 Å². The number of unbranched alkanes of at least 4 members (excludes halogenated alkanes) is 2. The largest absolute Gasteiger partial charge is 0.462 e. The monoisotopic (exact) mass is 708 g/mol. The molecule has 1 aliphatic rings. The Bertz CT molecular complexity index is 1500. The van der Waals surface area contributed by atoms with Crippen LogP contribution in [0.25, 0.3) is 22.3 Å². The van der Waals surface area contributed by atoms with E-state index in [1.807, 2.05) is 38.1 Å². The van der Waals surface area contributed by atoms with Crippen LogP contribution in [0.15, 0.2) is 79.4 Å². The molecule has 0 heterocycles. The first-order valence-corrected chi connectivity index (χ1v) is 18.1. The van der Waals surface area contributed by atoms with Gasteiger partial charge in [0.25, 0.3) is 0 Å². The number of aldehydes is 1. The van der Waals surface area contributed by atoms with Crippen molar-refractivity contribution in [3.05, 3.63) is 108 Å². The standard InChI is InChI=1S/C38H45F3O4.C3H4O.C2H6/c1-4-5-6-7-26-20-35(40)37(36(41)21-26)31-16-17-33(34(39)22-31)30-14-12-28(13-15-30)27-8-10-29(11-9-27)32(24-44-3)18-19-45-38(43)25(2)23-42;1-2-3-4;1-2/h12-17,20-22,27,29,32,42H,2,4-11,18-19,23-24H2,1,3H3;2-3H,1H2;1-2H3. The third-order valence-electron chi connectivity index (χ3n) is 9.24. The minimum absolute atomic E-state index is 0.0500. The van der Waals surface area contributed by atoms with Crippen LogP contribution in [0.5, 0.6) is 0 Å². The highest BCUT2D eigenvalue weighted by molar-refractivity contribution is 5.87. The van der Waals surface area contributed by atoms with E-state index in [4.69, 9.17) is 19.4 Å². The number of methoxy groups -OCH3 is 1. The van der Waals surface area contributed by atoms with Gasteiger partial charge in [-0.15, -0.1) is 0 Å². The fourth-order valence-corrected chi connectivity index (χ4v) is 6.53. The molecule has 1 fully saturated rings. The average molecular weight is 709 g/mol. The number of benzene rings is 3. The zero-order valence-corrected chi connectivity index (χ0v) is 30.7. The normalized spacial score (nSPS) is 15.7. The van der Waals surface area contributed by atoms with Gasteiger partial charge in [-0.05, 0) is 109 Å². The van der Waals surface area contributed by atoms with Gasteiger partial charge < -0.3 is 14.6 Å². The molecule has 3 aromatic carbocycles. The summed E-state index contributed by atoms with van der Waals surface area (Å²) in [6.07, 6.45) is 10.1. The molecule has 278 valence electrons. The van der Waals surface area contributed by atoms with Crippen LogP contribution in [-0.2, 0) is 25.5 Å². The van der Waals surface area contributed by atoms with Crippen molar-refractivity contribution in [2.75, 3.05) is 26.9 Å². The van der Waals surface area contributed by atoms with Crippen LogP contribution >= 0.6 is 0 Å². The smallest absolute Gasteiger partial charge is 0.335 e.